The summed E-state index contributed by atoms with van der Waals surface area (Å²) in [5.74, 6) is 1.26. The fourth-order valence-corrected chi connectivity index (χ4v) is 4.51. The summed E-state index contributed by atoms with van der Waals surface area (Å²) in [5, 5.41) is 10.7. The smallest absolute Gasteiger partial charge is 0.247 e. The van der Waals surface area contributed by atoms with E-state index in [4.69, 9.17) is 10.5 Å². The molecule has 0 aromatic carbocycles. The Bertz CT molecular complexity index is 788. The van der Waals surface area contributed by atoms with Crippen molar-refractivity contribution in [1.82, 2.24) is 19.9 Å². The van der Waals surface area contributed by atoms with Crippen molar-refractivity contribution in [3.63, 3.8) is 0 Å². The predicted octanol–water partition coefficient (Wildman–Crippen LogP) is 4.11. The van der Waals surface area contributed by atoms with Gasteiger partial charge in [-0.3, -0.25) is 0 Å². The van der Waals surface area contributed by atoms with Crippen LogP contribution in [0.3, 0.4) is 0 Å². The van der Waals surface area contributed by atoms with Crippen molar-refractivity contribution in [2.75, 3.05) is 5.73 Å². The van der Waals surface area contributed by atoms with Gasteiger partial charge >= 0.3 is 0 Å². The van der Waals surface area contributed by atoms with Crippen LogP contribution in [-0.4, -0.2) is 31.1 Å². The standard InChI is InChI=1S/C21H31N5O2/c22-21-25-19-18(20(26-21)28-15-9-5-2-6-10-15)24-16(13-23-19)17(27)12-11-14-7-3-1-4-8-14/h13-15,17,27H,1-12H2,(H2,22,23,25,26)/t17-/m1/s1. The molecular formula is C21H31N5O2. The third-order valence-corrected chi connectivity index (χ3v) is 6.16. The number of ether oxygens (including phenoxy) is 1. The first-order valence-corrected chi connectivity index (χ1v) is 10.8. The molecule has 2 aliphatic carbocycles. The summed E-state index contributed by atoms with van der Waals surface area (Å²) in [6, 6.07) is 0. The molecule has 3 N–H and O–H groups in total. The van der Waals surface area contributed by atoms with Gasteiger partial charge in [0.15, 0.2) is 11.2 Å². The van der Waals surface area contributed by atoms with Crippen molar-refractivity contribution in [2.24, 2.45) is 5.92 Å². The number of nitrogen functional groups attached to an aromatic ring is 1. The molecule has 152 valence electrons. The monoisotopic (exact) mass is 385 g/mol. The number of nitrogens with two attached hydrogens (primary N) is 1. The highest BCUT2D eigenvalue weighted by atomic mass is 16.5. The molecule has 0 amide bonds. The number of aliphatic hydroxyl groups excluding tert-OH is 1. The fraction of sp³-hybridized carbons (Fsp3) is 0.714. The highest BCUT2D eigenvalue weighted by Crippen LogP contribution is 2.31. The van der Waals surface area contributed by atoms with Crippen molar-refractivity contribution >= 4 is 17.1 Å². The van der Waals surface area contributed by atoms with Gasteiger partial charge in [-0.1, -0.05) is 38.5 Å². The first kappa shape index (κ1) is 19.3. The van der Waals surface area contributed by atoms with E-state index in [9.17, 15) is 5.11 Å². The van der Waals surface area contributed by atoms with Gasteiger partial charge < -0.3 is 15.6 Å². The quantitative estimate of drug-likeness (QED) is 0.770. The largest absolute Gasteiger partial charge is 0.473 e. The molecule has 0 aliphatic heterocycles. The second-order valence-corrected chi connectivity index (χ2v) is 8.33. The van der Waals surface area contributed by atoms with Crippen molar-refractivity contribution < 1.29 is 9.84 Å². The lowest BCUT2D eigenvalue weighted by atomic mass is 9.85. The van der Waals surface area contributed by atoms with E-state index in [0.29, 0.717) is 29.2 Å². The van der Waals surface area contributed by atoms with E-state index in [2.05, 4.69) is 19.9 Å². The van der Waals surface area contributed by atoms with Crippen LogP contribution in [0, 0.1) is 5.92 Å². The van der Waals surface area contributed by atoms with E-state index in [1.807, 2.05) is 0 Å². The van der Waals surface area contributed by atoms with E-state index < -0.39 is 6.10 Å². The normalized spacial score (nSPS) is 20.3. The van der Waals surface area contributed by atoms with Crippen LogP contribution in [0.25, 0.3) is 11.2 Å². The van der Waals surface area contributed by atoms with E-state index in [1.165, 1.54) is 51.4 Å². The lowest BCUT2D eigenvalue weighted by Crippen LogP contribution is -2.21. The van der Waals surface area contributed by atoms with Gasteiger partial charge in [0.05, 0.1) is 18.0 Å². The minimum Gasteiger partial charge on any atom is -0.473 e. The average molecular weight is 386 g/mol. The number of hydrogen-bond donors (Lipinski definition) is 2. The maximum absolute atomic E-state index is 10.7. The second kappa shape index (κ2) is 8.99. The minimum atomic E-state index is -0.626. The van der Waals surface area contributed by atoms with Crippen molar-refractivity contribution in [3.05, 3.63) is 11.9 Å². The topological polar surface area (TPSA) is 107 Å². The van der Waals surface area contributed by atoms with Crippen molar-refractivity contribution in [1.29, 1.82) is 0 Å². The average Bonchev–Trinajstić information content (AvgIpc) is 2.73. The Hall–Kier alpha value is -2.02. The number of hydrogen-bond acceptors (Lipinski definition) is 7. The molecule has 2 aliphatic rings. The Morgan fingerprint density at radius 1 is 1.00 bits per heavy atom. The van der Waals surface area contributed by atoms with Gasteiger partial charge in [0.25, 0.3) is 0 Å². The Kier molecular flexibility index (Phi) is 6.20. The van der Waals surface area contributed by atoms with E-state index in [1.54, 1.807) is 6.20 Å². The predicted molar refractivity (Wildman–Crippen MR) is 108 cm³/mol. The Balaban J connectivity index is 1.51. The van der Waals surface area contributed by atoms with E-state index >= 15 is 0 Å². The minimum absolute atomic E-state index is 0.132. The molecule has 0 saturated heterocycles. The molecule has 7 nitrogen and oxygen atoms in total. The van der Waals surface area contributed by atoms with Gasteiger partial charge in [-0.25, -0.2) is 9.97 Å². The first-order valence-electron chi connectivity index (χ1n) is 10.8. The molecule has 2 aromatic rings. The molecule has 4 rings (SSSR count). The summed E-state index contributed by atoms with van der Waals surface area (Å²) in [6.45, 7) is 0. The zero-order valence-corrected chi connectivity index (χ0v) is 16.5. The van der Waals surface area contributed by atoms with Crippen LogP contribution in [0.4, 0.5) is 5.95 Å². The molecule has 0 radical (unpaired) electrons. The van der Waals surface area contributed by atoms with Gasteiger partial charge in [0.1, 0.15) is 6.10 Å². The zero-order chi connectivity index (χ0) is 19.3. The second-order valence-electron chi connectivity index (χ2n) is 8.33. The van der Waals surface area contributed by atoms with Gasteiger partial charge in [-0.2, -0.15) is 9.97 Å². The van der Waals surface area contributed by atoms with Crippen LogP contribution >= 0.6 is 0 Å². The van der Waals surface area contributed by atoms with Crippen LogP contribution in [-0.2, 0) is 0 Å². The summed E-state index contributed by atoms with van der Waals surface area (Å²) in [6.07, 6.45) is 15.0. The molecule has 0 bridgehead atoms. The van der Waals surface area contributed by atoms with E-state index in [-0.39, 0.29) is 12.1 Å². The van der Waals surface area contributed by atoms with E-state index in [0.717, 1.165) is 25.2 Å². The Morgan fingerprint density at radius 3 is 2.46 bits per heavy atom. The van der Waals surface area contributed by atoms with Crippen molar-refractivity contribution in [2.45, 2.75) is 89.3 Å². The molecular weight excluding hydrogens is 354 g/mol. The maximum Gasteiger partial charge on any atom is 0.247 e. The number of rotatable bonds is 6. The first-order chi connectivity index (χ1) is 13.7. The summed E-state index contributed by atoms with van der Waals surface area (Å²) in [5.41, 5.74) is 7.31. The number of fused-ring (bicyclic) bond motifs is 1. The van der Waals surface area contributed by atoms with Crippen LogP contribution in [0.15, 0.2) is 6.20 Å². The highest BCUT2D eigenvalue weighted by molar-refractivity contribution is 5.76. The lowest BCUT2D eigenvalue weighted by molar-refractivity contribution is 0.145. The summed E-state index contributed by atoms with van der Waals surface area (Å²) < 4.78 is 6.12. The molecule has 0 unspecified atom stereocenters. The number of aromatic nitrogens is 4. The SMILES string of the molecule is Nc1nc(OC2CCCCC2)c2nc([C@H](O)CCC3CCCCC3)cnc2n1. The van der Waals surface area contributed by atoms with Crippen LogP contribution in [0.2, 0.25) is 0 Å². The van der Waals surface area contributed by atoms with Crippen molar-refractivity contribution in [3.8, 4) is 5.88 Å². The summed E-state index contributed by atoms with van der Waals surface area (Å²) in [4.78, 5) is 17.5. The zero-order valence-electron chi connectivity index (χ0n) is 16.5. The maximum atomic E-state index is 10.7. The molecule has 0 spiro atoms. The van der Waals surface area contributed by atoms with Gasteiger partial charge in [0, 0.05) is 0 Å². The molecule has 7 heteroatoms. The number of anilines is 1. The van der Waals surface area contributed by atoms with Crippen LogP contribution in [0.1, 0.15) is 88.8 Å². The molecule has 2 aromatic heterocycles. The van der Waals surface area contributed by atoms with Crippen LogP contribution < -0.4 is 10.5 Å². The molecule has 2 heterocycles. The fourth-order valence-electron chi connectivity index (χ4n) is 4.51. The third-order valence-electron chi connectivity index (χ3n) is 6.16. The summed E-state index contributed by atoms with van der Waals surface area (Å²) >= 11 is 0. The molecule has 2 fully saturated rings. The number of nitrogens with zero attached hydrogens (tertiary/aromatic N) is 4. The lowest BCUT2D eigenvalue weighted by Gasteiger charge is -2.23. The Labute approximate surface area is 166 Å². The van der Waals surface area contributed by atoms with Gasteiger partial charge in [-0.15, -0.1) is 0 Å². The van der Waals surface area contributed by atoms with Gasteiger partial charge in [-0.05, 0) is 44.4 Å². The number of aliphatic hydroxyl groups is 1. The van der Waals surface area contributed by atoms with Gasteiger partial charge in [0.2, 0.25) is 11.8 Å². The Morgan fingerprint density at radius 2 is 1.71 bits per heavy atom. The molecule has 1 atom stereocenters. The third kappa shape index (κ3) is 4.69. The summed E-state index contributed by atoms with van der Waals surface area (Å²) in [7, 11) is 0. The van der Waals surface area contributed by atoms with Crippen LogP contribution in [0.5, 0.6) is 5.88 Å². The highest BCUT2D eigenvalue weighted by Gasteiger charge is 2.21. The molecule has 2 saturated carbocycles. The molecule has 28 heavy (non-hydrogen) atoms.